The van der Waals surface area contributed by atoms with Gasteiger partial charge in [0.1, 0.15) is 12.3 Å². The molecule has 1 aromatic heterocycles. The fourth-order valence-corrected chi connectivity index (χ4v) is 2.73. The monoisotopic (exact) mass is 391 g/mol. The summed E-state index contributed by atoms with van der Waals surface area (Å²) >= 11 is 0. The highest BCUT2D eigenvalue weighted by Crippen LogP contribution is 2.20. The van der Waals surface area contributed by atoms with E-state index < -0.39 is 0 Å². The molecule has 3 aromatic rings. The summed E-state index contributed by atoms with van der Waals surface area (Å²) in [5.41, 5.74) is 2.11. The summed E-state index contributed by atoms with van der Waals surface area (Å²) in [6, 6.07) is 16.9. The molecule has 0 saturated heterocycles. The molecule has 0 aliphatic carbocycles. The number of hydrogen-bond donors (Lipinski definition) is 1. The number of aromatic nitrogens is 2. The molecule has 0 spiro atoms. The molecule has 0 unspecified atom stereocenters. The molecule has 7 heteroatoms. The molecule has 0 atom stereocenters. The van der Waals surface area contributed by atoms with E-state index in [0.29, 0.717) is 23.6 Å². The number of hydrogen-bond acceptors (Lipinski definition) is 5. The number of carbonyl (C=O) groups is 2. The molecule has 0 saturated carbocycles. The van der Waals surface area contributed by atoms with Crippen LogP contribution >= 0.6 is 0 Å². The fourth-order valence-electron chi connectivity index (χ4n) is 2.73. The van der Waals surface area contributed by atoms with E-state index in [1.165, 1.54) is 13.0 Å². The van der Waals surface area contributed by atoms with Crippen LogP contribution in [0.15, 0.2) is 65.5 Å². The third-order valence-electron chi connectivity index (χ3n) is 4.20. The first-order valence-corrected chi connectivity index (χ1v) is 9.18. The molecule has 2 aromatic carbocycles. The Morgan fingerprint density at radius 1 is 1.00 bits per heavy atom. The zero-order chi connectivity index (χ0) is 20.8. The molecular formula is C22H21N3O4. The summed E-state index contributed by atoms with van der Waals surface area (Å²) in [5.74, 6) is 0.309. The van der Waals surface area contributed by atoms with Gasteiger partial charge in [-0.15, -0.1) is 0 Å². The number of carbonyl (C=O) groups excluding carboxylic acids is 2. The molecule has 3 rings (SSSR count). The van der Waals surface area contributed by atoms with Gasteiger partial charge in [-0.3, -0.25) is 14.4 Å². The smallest absolute Gasteiger partial charge is 0.267 e. The summed E-state index contributed by atoms with van der Waals surface area (Å²) < 4.78 is 6.54. The summed E-state index contributed by atoms with van der Waals surface area (Å²) in [4.78, 5) is 35.8. The number of Topliss-reactive ketones (excluding diaryl/α,β-unsaturated/α-hetero) is 1. The van der Waals surface area contributed by atoms with Crippen molar-refractivity contribution in [3.63, 3.8) is 0 Å². The molecule has 148 valence electrons. The van der Waals surface area contributed by atoms with Gasteiger partial charge in [0.05, 0.1) is 12.3 Å². The highest BCUT2D eigenvalue weighted by Gasteiger charge is 2.09. The Balaban J connectivity index is 1.73. The van der Waals surface area contributed by atoms with Crippen molar-refractivity contribution in [2.75, 3.05) is 11.9 Å². The van der Waals surface area contributed by atoms with Crippen molar-refractivity contribution in [1.82, 2.24) is 9.78 Å². The summed E-state index contributed by atoms with van der Waals surface area (Å²) in [6.45, 7) is 3.74. The van der Waals surface area contributed by atoms with Crippen molar-refractivity contribution in [1.29, 1.82) is 0 Å². The van der Waals surface area contributed by atoms with Crippen molar-refractivity contribution < 1.29 is 14.3 Å². The van der Waals surface area contributed by atoms with Crippen LogP contribution < -0.4 is 15.6 Å². The van der Waals surface area contributed by atoms with E-state index in [0.717, 1.165) is 16.0 Å². The topological polar surface area (TPSA) is 90.3 Å². The van der Waals surface area contributed by atoms with Crippen LogP contribution in [-0.4, -0.2) is 28.1 Å². The summed E-state index contributed by atoms with van der Waals surface area (Å²) in [7, 11) is 0. The predicted octanol–water partition coefficient (Wildman–Crippen LogP) is 3.15. The van der Waals surface area contributed by atoms with Gasteiger partial charge < -0.3 is 10.1 Å². The number of benzene rings is 2. The van der Waals surface area contributed by atoms with Gasteiger partial charge in [0.15, 0.2) is 5.78 Å². The lowest BCUT2D eigenvalue weighted by atomic mass is 10.1. The average molecular weight is 391 g/mol. The van der Waals surface area contributed by atoms with Gasteiger partial charge in [-0.05, 0) is 68.4 Å². The van der Waals surface area contributed by atoms with Gasteiger partial charge in [-0.25, -0.2) is 4.68 Å². The molecule has 7 nitrogen and oxygen atoms in total. The quantitative estimate of drug-likeness (QED) is 0.625. The van der Waals surface area contributed by atoms with Crippen molar-refractivity contribution in [2.24, 2.45) is 0 Å². The highest BCUT2D eigenvalue weighted by atomic mass is 16.5. The van der Waals surface area contributed by atoms with E-state index in [-0.39, 0.29) is 23.8 Å². The second kappa shape index (κ2) is 8.97. The zero-order valence-corrected chi connectivity index (χ0v) is 16.2. The number of nitrogens with zero attached hydrogens (tertiary/aromatic N) is 2. The average Bonchev–Trinajstić information content (AvgIpc) is 2.71. The molecule has 0 aliphatic rings. The molecule has 0 radical (unpaired) electrons. The first kappa shape index (κ1) is 20.0. The van der Waals surface area contributed by atoms with E-state index in [1.807, 2.05) is 31.2 Å². The van der Waals surface area contributed by atoms with Crippen molar-refractivity contribution >= 4 is 17.4 Å². The van der Waals surface area contributed by atoms with Gasteiger partial charge in [-0.1, -0.05) is 0 Å². The van der Waals surface area contributed by atoms with Gasteiger partial charge in [-0.2, -0.15) is 5.10 Å². The molecule has 29 heavy (non-hydrogen) atoms. The molecule has 1 N–H and O–H groups in total. The van der Waals surface area contributed by atoms with E-state index in [1.54, 1.807) is 30.3 Å². The van der Waals surface area contributed by atoms with Gasteiger partial charge in [0, 0.05) is 22.9 Å². The van der Waals surface area contributed by atoms with Crippen molar-refractivity contribution in [3.8, 4) is 17.0 Å². The van der Waals surface area contributed by atoms with Crippen LogP contribution in [0.3, 0.4) is 0 Å². The van der Waals surface area contributed by atoms with E-state index in [4.69, 9.17) is 4.74 Å². The van der Waals surface area contributed by atoms with Crippen LogP contribution in [0.2, 0.25) is 0 Å². The standard InChI is InChI=1S/C22H21N3O4/c1-3-29-19-10-6-17(7-11-19)20-12-13-22(28)25(24-20)14-21(27)23-18-8-4-16(5-9-18)15(2)26/h4-13H,3,14H2,1-2H3,(H,23,27). The second-order valence-electron chi connectivity index (χ2n) is 6.35. The Kier molecular flexibility index (Phi) is 6.19. The molecule has 0 bridgehead atoms. The van der Waals surface area contributed by atoms with Gasteiger partial charge in [0.2, 0.25) is 5.91 Å². The fraction of sp³-hybridized carbons (Fsp3) is 0.182. The first-order valence-electron chi connectivity index (χ1n) is 9.18. The van der Waals surface area contributed by atoms with Crippen molar-refractivity contribution in [2.45, 2.75) is 20.4 Å². The van der Waals surface area contributed by atoms with Crippen molar-refractivity contribution in [3.05, 3.63) is 76.6 Å². The third kappa shape index (κ3) is 5.16. The Labute approximate surface area is 168 Å². The molecule has 1 heterocycles. The van der Waals surface area contributed by atoms with Crippen LogP contribution in [0.5, 0.6) is 5.75 Å². The Hall–Kier alpha value is -3.74. The maximum Gasteiger partial charge on any atom is 0.267 e. The van der Waals surface area contributed by atoms with E-state index >= 15 is 0 Å². The number of ketones is 1. The van der Waals surface area contributed by atoms with Gasteiger partial charge in [0.25, 0.3) is 5.56 Å². The Morgan fingerprint density at radius 3 is 2.31 bits per heavy atom. The minimum absolute atomic E-state index is 0.0512. The Morgan fingerprint density at radius 2 is 1.69 bits per heavy atom. The number of anilines is 1. The predicted molar refractivity (Wildman–Crippen MR) is 110 cm³/mol. The van der Waals surface area contributed by atoms with Gasteiger partial charge >= 0.3 is 0 Å². The maximum absolute atomic E-state index is 12.3. The highest BCUT2D eigenvalue weighted by molar-refractivity contribution is 5.95. The summed E-state index contributed by atoms with van der Waals surface area (Å²) in [6.07, 6.45) is 0. The van der Waals surface area contributed by atoms with Crippen LogP contribution in [0, 0.1) is 0 Å². The largest absolute Gasteiger partial charge is 0.494 e. The van der Waals surface area contributed by atoms with Crippen LogP contribution in [0.4, 0.5) is 5.69 Å². The normalized spacial score (nSPS) is 10.4. The lowest BCUT2D eigenvalue weighted by molar-refractivity contribution is -0.117. The van der Waals surface area contributed by atoms with Crippen LogP contribution in [0.1, 0.15) is 24.2 Å². The molecule has 1 amide bonds. The second-order valence-corrected chi connectivity index (χ2v) is 6.35. The minimum Gasteiger partial charge on any atom is -0.494 e. The number of rotatable bonds is 7. The number of amides is 1. The van der Waals surface area contributed by atoms with Crippen LogP contribution in [0.25, 0.3) is 11.3 Å². The lowest BCUT2D eigenvalue weighted by Crippen LogP contribution is -2.29. The first-order chi connectivity index (χ1) is 14.0. The number of nitrogens with one attached hydrogen (secondary N) is 1. The Bertz CT molecular complexity index is 1070. The lowest BCUT2D eigenvalue weighted by Gasteiger charge is -2.09. The zero-order valence-electron chi connectivity index (χ0n) is 16.2. The molecular weight excluding hydrogens is 370 g/mol. The minimum atomic E-state index is -0.390. The molecule has 0 aliphatic heterocycles. The van der Waals surface area contributed by atoms with Crippen LogP contribution in [-0.2, 0) is 11.3 Å². The number of ether oxygens (including phenoxy) is 1. The maximum atomic E-state index is 12.3. The van der Waals surface area contributed by atoms with E-state index in [9.17, 15) is 14.4 Å². The third-order valence-corrected chi connectivity index (χ3v) is 4.20. The SMILES string of the molecule is CCOc1ccc(-c2ccc(=O)n(CC(=O)Nc3ccc(C(C)=O)cc3)n2)cc1. The molecule has 0 fully saturated rings. The van der Waals surface area contributed by atoms with E-state index in [2.05, 4.69) is 10.4 Å². The summed E-state index contributed by atoms with van der Waals surface area (Å²) in [5, 5.41) is 6.99.